The van der Waals surface area contributed by atoms with Crippen LogP contribution in [-0.4, -0.2) is 12.5 Å². The second kappa shape index (κ2) is 4.02. The lowest BCUT2D eigenvalue weighted by molar-refractivity contribution is -0.117. The molecule has 2 aliphatic rings. The molecule has 1 N–H and O–H groups in total. The van der Waals surface area contributed by atoms with E-state index in [-0.39, 0.29) is 11.6 Å². The standard InChI is InChI=1S/C14H10F2N2OS/c15-8-1-2-9-13(11(8)16)18-5-3-10-7(4-6-20-10)12(18)14(19)17-9/h1-2,4,6,12H,3,5H2,(H,17,19). The van der Waals surface area contributed by atoms with E-state index >= 15 is 0 Å². The number of rotatable bonds is 0. The van der Waals surface area contributed by atoms with Gasteiger partial charge in [-0.2, -0.15) is 0 Å². The fourth-order valence-electron chi connectivity index (χ4n) is 2.96. The van der Waals surface area contributed by atoms with E-state index in [0.717, 1.165) is 22.9 Å². The number of halogens is 2. The minimum Gasteiger partial charge on any atom is -0.351 e. The van der Waals surface area contributed by atoms with E-state index in [2.05, 4.69) is 5.32 Å². The lowest BCUT2D eigenvalue weighted by atomic mass is 9.95. The molecule has 1 atom stereocenters. The topological polar surface area (TPSA) is 32.3 Å². The Morgan fingerprint density at radius 3 is 3.00 bits per heavy atom. The maximum Gasteiger partial charge on any atom is 0.251 e. The Labute approximate surface area is 117 Å². The van der Waals surface area contributed by atoms with Gasteiger partial charge in [0.05, 0.1) is 5.69 Å². The summed E-state index contributed by atoms with van der Waals surface area (Å²) in [5, 5.41) is 4.60. The van der Waals surface area contributed by atoms with E-state index in [4.69, 9.17) is 0 Å². The van der Waals surface area contributed by atoms with Gasteiger partial charge in [0.15, 0.2) is 11.6 Å². The summed E-state index contributed by atoms with van der Waals surface area (Å²) in [6, 6.07) is 3.77. The number of carbonyl (C=O) groups is 1. The van der Waals surface area contributed by atoms with Crippen molar-refractivity contribution < 1.29 is 13.6 Å². The largest absolute Gasteiger partial charge is 0.351 e. The van der Waals surface area contributed by atoms with Gasteiger partial charge in [-0.15, -0.1) is 11.3 Å². The van der Waals surface area contributed by atoms with Crippen LogP contribution >= 0.6 is 11.3 Å². The van der Waals surface area contributed by atoms with Crippen molar-refractivity contribution in [2.24, 2.45) is 0 Å². The molecule has 3 nitrogen and oxygen atoms in total. The molecule has 0 aliphatic carbocycles. The van der Waals surface area contributed by atoms with Crippen molar-refractivity contribution in [3.8, 4) is 0 Å². The van der Waals surface area contributed by atoms with Gasteiger partial charge < -0.3 is 10.2 Å². The van der Waals surface area contributed by atoms with Crippen molar-refractivity contribution in [1.29, 1.82) is 0 Å². The molecule has 3 heterocycles. The number of amides is 1. The van der Waals surface area contributed by atoms with Gasteiger partial charge in [0.25, 0.3) is 5.91 Å². The minimum absolute atomic E-state index is 0.159. The highest BCUT2D eigenvalue weighted by Gasteiger charge is 2.40. The Morgan fingerprint density at radius 1 is 1.30 bits per heavy atom. The van der Waals surface area contributed by atoms with Crippen LogP contribution in [0.1, 0.15) is 16.5 Å². The molecule has 102 valence electrons. The van der Waals surface area contributed by atoms with Crippen molar-refractivity contribution >= 4 is 28.6 Å². The normalized spacial score (nSPS) is 20.0. The van der Waals surface area contributed by atoms with Crippen molar-refractivity contribution in [2.45, 2.75) is 12.5 Å². The summed E-state index contributed by atoms with van der Waals surface area (Å²) in [4.78, 5) is 15.1. The molecule has 1 aromatic heterocycles. The smallest absolute Gasteiger partial charge is 0.251 e. The van der Waals surface area contributed by atoms with Crippen molar-refractivity contribution in [3.63, 3.8) is 0 Å². The van der Waals surface area contributed by atoms with E-state index in [1.54, 1.807) is 16.2 Å². The van der Waals surface area contributed by atoms with Gasteiger partial charge in [0.1, 0.15) is 11.7 Å². The van der Waals surface area contributed by atoms with Crippen LogP contribution in [0, 0.1) is 11.6 Å². The summed E-state index contributed by atoms with van der Waals surface area (Å²) in [5.74, 6) is -1.98. The zero-order valence-electron chi connectivity index (χ0n) is 10.3. The predicted octanol–water partition coefficient (Wildman–Crippen LogP) is 3.08. The second-order valence-electron chi connectivity index (χ2n) is 4.89. The fourth-order valence-corrected chi connectivity index (χ4v) is 3.87. The Balaban J connectivity index is 1.93. The zero-order valence-corrected chi connectivity index (χ0v) is 11.1. The van der Waals surface area contributed by atoms with E-state index in [0.29, 0.717) is 12.2 Å². The number of carbonyl (C=O) groups excluding carboxylic acids is 1. The quantitative estimate of drug-likeness (QED) is 0.809. The first-order chi connectivity index (χ1) is 9.66. The van der Waals surface area contributed by atoms with Crippen LogP contribution in [0.3, 0.4) is 0 Å². The predicted molar refractivity (Wildman–Crippen MR) is 73.1 cm³/mol. The summed E-state index contributed by atoms with van der Waals surface area (Å²) in [7, 11) is 0. The van der Waals surface area contributed by atoms with Crippen molar-refractivity contribution in [3.05, 3.63) is 45.7 Å². The molecule has 0 saturated carbocycles. The number of thiophene rings is 1. The number of benzene rings is 1. The highest BCUT2D eigenvalue weighted by molar-refractivity contribution is 7.10. The van der Waals surface area contributed by atoms with Gasteiger partial charge in [0.2, 0.25) is 0 Å². The van der Waals surface area contributed by atoms with Crippen LogP contribution in [0.15, 0.2) is 23.6 Å². The number of nitrogens with zero attached hydrogens (tertiary/aromatic N) is 1. The molecule has 0 fully saturated rings. The molecule has 0 bridgehead atoms. The third-order valence-electron chi connectivity index (χ3n) is 3.83. The Morgan fingerprint density at radius 2 is 2.15 bits per heavy atom. The number of fused-ring (bicyclic) bond motifs is 5. The molecule has 0 saturated heterocycles. The van der Waals surface area contributed by atoms with Gasteiger partial charge in [-0.05, 0) is 35.6 Å². The SMILES string of the molecule is O=C1Nc2ccc(F)c(F)c2N2CCc3sccc3C12. The molecule has 4 rings (SSSR count). The highest BCUT2D eigenvalue weighted by Crippen LogP contribution is 2.44. The van der Waals surface area contributed by atoms with Crippen LogP contribution in [0.25, 0.3) is 0 Å². The van der Waals surface area contributed by atoms with Crippen LogP contribution in [0.4, 0.5) is 20.2 Å². The molecule has 2 aromatic rings. The van der Waals surface area contributed by atoms with Crippen molar-refractivity contribution in [1.82, 2.24) is 0 Å². The molecular weight excluding hydrogens is 282 g/mol. The number of nitrogens with one attached hydrogen (secondary N) is 1. The maximum absolute atomic E-state index is 14.1. The lowest BCUT2D eigenvalue weighted by Crippen LogP contribution is -2.45. The third-order valence-corrected chi connectivity index (χ3v) is 4.82. The van der Waals surface area contributed by atoms with E-state index in [1.807, 2.05) is 11.4 Å². The Bertz CT molecular complexity index is 728. The molecule has 0 radical (unpaired) electrons. The molecule has 6 heteroatoms. The molecule has 1 unspecified atom stereocenters. The summed E-state index contributed by atoms with van der Waals surface area (Å²) in [5.41, 5.74) is 1.39. The lowest BCUT2D eigenvalue weighted by Gasteiger charge is -2.41. The average molecular weight is 292 g/mol. The first kappa shape index (κ1) is 11.8. The zero-order chi connectivity index (χ0) is 13.9. The summed E-state index contributed by atoms with van der Waals surface area (Å²) in [6.45, 7) is 0.513. The molecule has 20 heavy (non-hydrogen) atoms. The molecule has 0 spiro atoms. The number of hydrogen-bond acceptors (Lipinski definition) is 3. The number of anilines is 2. The summed E-state index contributed by atoms with van der Waals surface area (Å²) < 4.78 is 27.6. The second-order valence-corrected chi connectivity index (χ2v) is 5.89. The van der Waals surface area contributed by atoms with Gasteiger partial charge in [-0.25, -0.2) is 8.78 Å². The van der Waals surface area contributed by atoms with E-state index < -0.39 is 17.7 Å². The Hall–Kier alpha value is -1.95. The molecular formula is C14H10F2N2OS. The first-order valence-electron chi connectivity index (χ1n) is 6.28. The van der Waals surface area contributed by atoms with Crippen LogP contribution in [0.2, 0.25) is 0 Å². The van der Waals surface area contributed by atoms with Gasteiger partial charge >= 0.3 is 0 Å². The molecule has 2 aliphatic heterocycles. The summed E-state index contributed by atoms with van der Waals surface area (Å²) >= 11 is 1.60. The summed E-state index contributed by atoms with van der Waals surface area (Å²) in [6.07, 6.45) is 0.742. The van der Waals surface area contributed by atoms with Crippen LogP contribution in [-0.2, 0) is 11.2 Å². The number of hydrogen-bond donors (Lipinski definition) is 1. The third kappa shape index (κ3) is 1.45. The van der Waals surface area contributed by atoms with Gasteiger partial charge in [0, 0.05) is 11.4 Å². The highest BCUT2D eigenvalue weighted by atomic mass is 32.1. The molecule has 1 aromatic carbocycles. The fraction of sp³-hybridized carbons (Fsp3) is 0.214. The van der Waals surface area contributed by atoms with Crippen LogP contribution in [0.5, 0.6) is 0 Å². The van der Waals surface area contributed by atoms with Crippen LogP contribution < -0.4 is 10.2 Å². The van der Waals surface area contributed by atoms with E-state index in [1.165, 1.54) is 6.07 Å². The maximum atomic E-state index is 14.1. The average Bonchev–Trinajstić information content (AvgIpc) is 2.91. The molecule has 1 amide bonds. The van der Waals surface area contributed by atoms with E-state index in [9.17, 15) is 13.6 Å². The van der Waals surface area contributed by atoms with Gasteiger partial charge in [-0.1, -0.05) is 0 Å². The monoisotopic (exact) mass is 292 g/mol. The first-order valence-corrected chi connectivity index (χ1v) is 7.16. The minimum atomic E-state index is -0.897. The van der Waals surface area contributed by atoms with Crippen molar-refractivity contribution in [2.75, 3.05) is 16.8 Å². The Kier molecular flexibility index (Phi) is 2.38. The van der Waals surface area contributed by atoms with Gasteiger partial charge in [-0.3, -0.25) is 4.79 Å².